The van der Waals surface area contributed by atoms with Crippen molar-refractivity contribution in [3.63, 3.8) is 0 Å². The Morgan fingerprint density at radius 1 is 1.20 bits per heavy atom. The standard InChI is InChI=1S/C19H14F3N5O3/c1-11(17-25-16(26-30-17)12-5-4-8-23-9-12)29-15(28)10-27-14-7-3-2-6-13(14)24-18(27)19(20,21)22/h2-9,11H,10H2,1H3. The molecule has 0 aliphatic heterocycles. The van der Waals surface area contributed by atoms with Gasteiger partial charge in [-0.1, -0.05) is 17.3 Å². The summed E-state index contributed by atoms with van der Waals surface area (Å²) >= 11 is 0. The van der Waals surface area contributed by atoms with Crippen molar-refractivity contribution in [1.29, 1.82) is 0 Å². The molecule has 0 amide bonds. The lowest BCUT2D eigenvalue weighted by Crippen LogP contribution is -2.21. The second-order valence-corrected chi connectivity index (χ2v) is 6.34. The number of rotatable bonds is 5. The van der Waals surface area contributed by atoms with Crippen LogP contribution in [0.4, 0.5) is 13.2 Å². The Balaban J connectivity index is 1.52. The molecule has 11 heteroatoms. The molecule has 4 aromatic rings. The predicted molar refractivity (Wildman–Crippen MR) is 96.8 cm³/mol. The highest BCUT2D eigenvalue weighted by molar-refractivity contribution is 5.79. The lowest BCUT2D eigenvalue weighted by atomic mass is 10.3. The molecule has 0 saturated heterocycles. The first kappa shape index (κ1) is 19.6. The molecule has 0 spiro atoms. The van der Waals surface area contributed by atoms with Gasteiger partial charge in [0.15, 0.2) is 6.10 Å². The molecule has 3 heterocycles. The summed E-state index contributed by atoms with van der Waals surface area (Å²) in [5, 5.41) is 3.80. The summed E-state index contributed by atoms with van der Waals surface area (Å²) in [6.07, 6.45) is -2.56. The van der Waals surface area contributed by atoms with Gasteiger partial charge in [-0.25, -0.2) is 4.98 Å². The van der Waals surface area contributed by atoms with Gasteiger partial charge in [0.25, 0.3) is 5.89 Å². The largest absolute Gasteiger partial charge is 0.451 e. The van der Waals surface area contributed by atoms with Gasteiger partial charge in [0.1, 0.15) is 6.54 Å². The third-order valence-electron chi connectivity index (χ3n) is 4.21. The molecular weight excluding hydrogens is 403 g/mol. The number of pyridine rings is 1. The maximum absolute atomic E-state index is 13.4. The average Bonchev–Trinajstić information content (AvgIpc) is 3.34. The molecule has 3 aromatic heterocycles. The molecule has 1 unspecified atom stereocenters. The zero-order chi connectivity index (χ0) is 21.3. The number of aromatic nitrogens is 5. The number of ether oxygens (including phenoxy) is 1. The van der Waals surface area contributed by atoms with Crippen molar-refractivity contribution in [3.8, 4) is 11.4 Å². The summed E-state index contributed by atoms with van der Waals surface area (Å²) in [6.45, 7) is 0.804. The molecule has 0 bridgehead atoms. The number of benzene rings is 1. The zero-order valence-corrected chi connectivity index (χ0v) is 15.5. The highest BCUT2D eigenvalue weighted by Crippen LogP contribution is 2.31. The van der Waals surface area contributed by atoms with E-state index in [0.29, 0.717) is 5.56 Å². The fraction of sp³-hybridized carbons (Fsp3) is 0.211. The van der Waals surface area contributed by atoms with E-state index >= 15 is 0 Å². The minimum Gasteiger partial charge on any atom is -0.451 e. The van der Waals surface area contributed by atoms with Gasteiger partial charge in [0, 0.05) is 18.0 Å². The van der Waals surface area contributed by atoms with E-state index in [4.69, 9.17) is 9.26 Å². The van der Waals surface area contributed by atoms with E-state index in [-0.39, 0.29) is 22.7 Å². The molecule has 1 atom stereocenters. The van der Waals surface area contributed by atoms with Crippen molar-refractivity contribution >= 4 is 17.0 Å². The summed E-state index contributed by atoms with van der Waals surface area (Å²) in [5.74, 6) is -1.82. The fourth-order valence-electron chi connectivity index (χ4n) is 2.88. The van der Waals surface area contributed by atoms with Crippen LogP contribution in [0.5, 0.6) is 0 Å². The van der Waals surface area contributed by atoms with Gasteiger partial charge in [-0.3, -0.25) is 9.78 Å². The number of hydrogen-bond acceptors (Lipinski definition) is 7. The first-order valence-electron chi connectivity index (χ1n) is 8.79. The smallest absolute Gasteiger partial charge is 0.449 e. The number of halogens is 3. The van der Waals surface area contributed by atoms with Gasteiger partial charge in [0.2, 0.25) is 11.6 Å². The lowest BCUT2D eigenvalue weighted by Gasteiger charge is -2.13. The van der Waals surface area contributed by atoms with Gasteiger partial charge in [-0.05, 0) is 31.2 Å². The lowest BCUT2D eigenvalue weighted by molar-refractivity contribution is -0.154. The Morgan fingerprint density at radius 3 is 2.73 bits per heavy atom. The molecule has 0 radical (unpaired) electrons. The minimum absolute atomic E-state index is 0.00809. The van der Waals surface area contributed by atoms with E-state index in [9.17, 15) is 18.0 Å². The van der Waals surface area contributed by atoms with Crippen molar-refractivity contribution in [2.24, 2.45) is 0 Å². The SMILES string of the molecule is CC(OC(=O)Cn1c(C(F)(F)F)nc2ccccc21)c1nc(-c2cccnc2)no1. The van der Waals surface area contributed by atoms with Gasteiger partial charge < -0.3 is 13.8 Å². The highest BCUT2D eigenvalue weighted by atomic mass is 19.4. The average molecular weight is 417 g/mol. The predicted octanol–water partition coefficient (Wildman–Crippen LogP) is 3.80. The summed E-state index contributed by atoms with van der Waals surface area (Å²) in [6, 6.07) is 9.44. The number of carbonyl (C=O) groups is 1. The van der Waals surface area contributed by atoms with Crippen LogP contribution in [-0.4, -0.2) is 30.6 Å². The van der Waals surface area contributed by atoms with E-state index in [1.807, 2.05) is 0 Å². The van der Waals surface area contributed by atoms with Crippen LogP contribution in [0.15, 0.2) is 53.3 Å². The maximum atomic E-state index is 13.4. The molecule has 0 fully saturated rings. The van der Waals surface area contributed by atoms with Crippen LogP contribution in [0.25, 0.3) is 22.4 Å². The molecule has 0 N–H and O–H groups in total. The van der Waals surface area contributed by atoms with Gasteiger partial charge in [0.05, 0.1) is 11.0 Å². The summed E-state index contributed by atoms with van der Waals surface area (Å²) < 4.78 is 51.1. The second kappa shape index (κ2) is 7.58. The topological polar surface area (TPSA) is 95.9 Å². The number of carbonyl (C=O) groups excluding carboxylic acids is 1. The van der Waals surface area contributed by atoms with Crippen LogP contribution in [-0.2, 0) is 22.3 Å². The number of imidazole rings is 1. The Labute approximate surface area is 167 Å². The van der Waals surface area contributed by atoms with Crippen LogP contribution in [0.2, 0.25) is 0 Å². The van der Waals surface area contributed by atoms with Crippen LogP contribution < -0.4 is 0 Å². The number of para-hydroxylation sites is 2. The molecule has 8 nitrogen and oxygen atoms in total. The number of hydrogen-bond donors (Lipinski definition) is 0. The molecule has 1 aromatic carbocycles. The van der Waals surface area contributed by atoms with Crippen LogP contribution in [0, 0.1) is 0 Å². The molecule has 0 aliphatic carbocycles. The second-order valence-electron chi connectivity index (χ2n) is 6.34. The van der Waals surface area contributed by atoms with E-state index in [1.54, 1.807) is 30.5 Å². The van der Waals surface area contributed by atoms with E-state index < -0.39 is 30.6 Å². The van der Waals surface area contributed by atoms with Crippen molar-refractivity contribution in [2.45, 2.75) is 25.7 Å². The van der Waals surface area contributed by atoms with Crippen molar-refractivity contribution in [2.75, 3.05) is 0 Å². The normalized spacial score (nSPS) is 12.8. The van der Waals surface area contributed by atoms with E-state index in [1.165, 1.54) is 25.3 Å². The van der Waals surface area contributed by atoms with E-state index in [2.05, 4.69) is 20.1 Å². The number of fused-ring (bicyclic) bond motifs is 1. The molecule has 0 aliphatic rings. The van der Waals surface area contributed by atoms with Crippen molar-refractivity contribution in [3.05, 3.63) is 60.5 Å². The molecule has 30 heavy (non-hydrogen) atoms. The summed E-state index contributed by atoms with van der Waals surface area (Å²) in [4.78, 5) is 24.0. The molecule has 0 saturated carbocycles. The van der Waals surface area contributed by atoms with Gasteiger partial charge >= 0.3 is 12.1 Å². The maximum Gasteiger partial charge on any atom is 0.449 e. The Morgan fingerprint density at radius 2 is 2.00 bits per heavy atom. The number of nitrogens with zero attached hydrogens (tertiary/aromatic N) is 5. The Hall–Kier alpha value is -3.76. The van der Waals surface area contributed by atoms with Gasteiger partial charge in [-0.15, -0.1) is 0 Å². The van der Waals surface area contributed by atoms with Crippen LogP contribution in [0.3, 0.4) is 0 Å². The van der Waals surface area contributed by atoms with Crippen molar-refractivity contribution in [1.82, 2.24) is 24.7 Å². The Bertz CT molecular complexity index is 1190. The Kier molecular flexibility index (Phi) is 4.94. The highest BCUT2D eigenvalue weighted by Gasteiger charge is 2.38. The zero-order valence-electron chi connectivity index (χ0n) is 15.5. The van der Waals surface area contributed by atoms with Crippen molar-refractivity contribution < 1.29 is 27.2 Å². The summed E-state index contributed by atoms with van der Waals surface area (Å²) in [5.41, 5.74) is 0.903. The monoisotopic (exact) mass is 417 g/mol. The third-order valence-corrected chi connectivity index (χ3v) is 4.21. The minimum atomic E-state index is -4.73. The first-order chi connectivity index (χ1) is 14.3. The molecule has 154 valence electrons. The molecule has 4 rings (SSSR count). The van der Waals surface area contributed by atoms with Crippen LogP contribution in [0.1, 0.15) is 24.7 Å². The first-order valence-corrected chi connectivity index (χ1v) is 8.79. The van der Waals surface area contributed by atoms with Crippen LogP contribution >= 0.6 is 0 Å². The summed E-state index contributed by atoms with van der Waals surface area (Å²) in [7, 11) is 0. The quantitative estimate of drug-likeness (QED) is 0.456. The number of esters is 1. The molecular formula is C19H14F3N5O3. The number of alkyl halides is 3. The fourth-order valence-corrected chi connectivity index (χ4v) is 2.88. The van der Waals surface area contributed by atoms with E-state index in [0.717, 1.165) is 4.57 Å². The third kappa shape index (κ3) is 3.86. The van der Waals surface area contributed by atoms with Gasteiger partial charge in [-0.2, -0.15) is 18.2 Å².